The molecular formula is C19H23N5O3. The molecule has 8 heteroatoms. The number of nitrogens with one attached hydrogen (secondary N) is 1. The summed E-state index contributed by atoms with van der Waals surface area (Å²) in [7, 11) is 0. The first-order chi connectivity index (χ1) is 13.0. The van der Waals surface area contributed by atoms with Gasteiger partial charge in [-0.15, -0.1) is 0 Å². The molecule has 1 saturated heterocycles. The van der Waals surface area contributed by atoms with Crippen molar-refractivity contribution in [3.05, 3.63) is 40.8 Å². The molecule has 1 amide bonds. The summed E-state index contributed by atoms with van der Waals surface area (Å²) in [6, 6.07) is 3.98. The summed E-state index contributed by atoms with van der Waals surface area (Å²) in [5.41, 5.74) is 2.81. The molecule has 0 unspecified atom stereocenters. The van der Waals surface area contributed by atoms with Crippen LogP contribution in [0.15, 0.2) is 18.3 Å². The highest BCUT2D eigenvalue weighted by Crippen LogP contribution is 2.29. The van der Waals surface area contributed by atoms with Gasteiger partial charge < -0.3 is 15.3 Å². The second kappa shape index (κ2) is 6.68. The van der Waals surface area contributed by atoms with Crippen LogP contribution in [0.25, 0.3) is 0 Å². The fraction of sp³-hybridized carbons (Fsp3) is 0.474. The summed E-state index contributed by atoms with van der Waals surface area (Å²) < 4.78 is 1.82. The molecule has 2 N–H and O–H groups in total. The van der Waals surface area contributed by atoms with Crippen molar-refractivity contribution in [1.82, 2.24) is 20.1 Å². The quantitative estimate of drug-likeness (QED) is 0.851. The van der Waals surface area contributed by atoms with Crippen molar-refractivity contribution in [2.75, 3.05) is 18.0 Å². The van der Waals surface area contributed by atoms with Gasteiger partial charge in [-0.1, -0.05) is 6.07 Å². The van der Waals surface area contributed by atoms with Gasteiger partial charge in [0.2, 0.25) is 5.91 Å². The number of carboxylic acids is 1. The van der Waals surface area contributed by atoms with E-state index in [2.05, 4.69) is 20.3 Å². The van der Waals surface area contributed by atoms with Crippen LogP contribution in [-0.4, -0.2) is 44.8 Å². The second-order valence-electron chi connectivity index (χ2n) is 7.37. The number of anilines is 1. The molecule has 2 aromatic heterocycles. The Morgan fingerprint density at radius 2 is 2.19 bits per heavy atom. The van der Waals surface area contributed by atoms with Crippen molar-refractivity contribution in [3.63, 3.8) is 0 Å². The van der Waals surface area contributed by atoms with Gasteiger partial charge in [-0.25, -0.2) is 9.78 Å². The number of carbonyl (C=O) groups excluding carboxylic acids is 1. The van der Waals surface area contributed by atoms with Gasteiger partial charge in [0, 0.05) is 49.6 Å². The largest absolute Gasteiger partial charge is 0.476 e. The smallest absolute Gasteiger partial charge is 0.356 e. The topological polar surface area (TPSA) is 100 Å². The highest BCUT2D eigenvalue weighted by Gasteiger charge is 2.30. The monoisotopic (exact) mass is 369 g/mol. The third-order valence-corrected chi connectivity index (χ3v) is 5.32. The summed E-state index contributed by atoms with van der Waals surface area (Å²) in [6.45, 7) is 5.94. The standard InChI is InChI=1S/C19H23N5O3/c1-11(2)24-15-6-8-23(10-14(15)17(22-24)19(26)27)16-4-3-12(9-21-16)13-5-7-20-18(13)25/h3-4,9,11,13H,5-8,10H2,1-2H3,(H,20,25)(H,26,27)/t13-/m1/s1. The van der Waals surface area contributed by atoms with E-state index in [1.807, 2.05) is 30.7 Å². The minimum atomic E-state index is -0.997. The minimum absolute atomic E-state index is 0.0550. The van der Waals surface area contributed by atoms with Crippen LogP contribution in [0.2, 0.25) is 0 Å². The molecular weight excluding hydrogens is 346 g/mol. The zero-order valence-corrected chi connectivity index (χ0v) is 15.5. The van der Waals surface area contributed by atoms with Crippen molar-refractivity contribution in [3.8, 4) is 0 Å². The van der Waals surface area contributed by atoms with Gasteiger partial charge in [-0.05, 0) is 31.9 Å². The maximum absolute atomic E-state index is 11.8. The van der Waals surface area contributed by atoms with Gasteiger partial charge in [0.1, 0.15) is 5.82 Å². The summed E-state index contributed by atoms with van der Waals surface area (Å²) in [5.74, 6) is -0.277. The average Bonchev–Trinajstić information content (AvgIpc) is 3.25. The number of amides is 1. The molecule has 2 aromatic rings. The molecule has 27 heavy (non-hydrogen) atoms. The Bertz CT molecular complexity index is 887. The maximum Gasteiger partial charge on any atom is 0.356 e. The van der Waals surface area contributed by atoms with Crippen LogP contribution in [0.3, 0.4) is 0 Å². The van der Waals surface area contributed by atoms with E-state index in [4.69, 9.17) is 0 Å². The molecule has 2 aliphatic heterocycles. The number of fused-ring (bicyclic) bond motifs is 1. The fourth-order valence-corrected chi connectivity index (χ4v) is 3.94. The van der Waals surface area contributed by atoms with E-state index in [1.165, 1.54) is 0 Å². The van der Waals surface area contributed by atoms with E-state index in [9.17, 15) is 14.7 Å². The number of rotatable bonds is 4. The molecule has 1 atom stereocenters. The van der Waals surface area contributed by atoms with E-state index in [1.54, 1.807) is 6.20 Å². The SMILES string of the molecule is CC(C)n1nc(C(=O)O)c2c1CCN(c1ccc([C@H]3CCNC3=O)cn1)C2. The molecule has 142 valence electrons. The Morgan fingerprint density at radius 1 is 1.37 bits per heavy atom. The molecule has 1 fully saturated rings. The fourth-order valence-electron chi connectivity index (χ4n) is 3.94. The number of hydrogen-bond donors (Lipinski definition) is 2. The van der Waals surface area contributed by atoms with E-state index in [0.717, 1.165) is 42.0 Å². The molecule has 0 aromatic carbocycles. The summed E-state index contributed by atoms with van der Waals surface area (Å²) in [4.78, 5) is 30.1. The van der Waals surface area contributed by atoms with Gasteiger partial charge in [-0.2, -0.15) is 5.10 Å². The van der Waals surface area contributed by atoms with Crippen LogP contribution in [0, 0.1) is 0 Å². The van der Waals surface area contributed by atoms with Gasteiger partial charge in [0.15, 0.2) is 5.69 Å². The van der Waals surface area contributed by atoms with E-state index in [0.29, 0.717) is 13.1 Å². The lowest BCUT2D eigenvalue weighted by molar-refractivity contribution is -0.120. The van der Waals surface area contributed by atoms with Crippen LogP contribution in [0.5, 0.6) is 0 Å². The maximum atomic E-state index is 11.8. The van der Waals surface area contributed by atoms with Gasteiger partial charge >= 0.3 is 5.97 Å². The number of carbonyl (C=O) groups is 2. The first kappa shape index (κ1) is 17.5. The van der Waals surface area contributed by atoms with Gasteiger partial charge in [-0.3, -0.25) is 9.48 Å². The number of hydrogen-bond acceptors (Lipinski definition) is 5. The highest BCUT2D eigenvalue weighted by atomic mass is 16.4. The Hall–Kier alpha value is -2.90. The number of pyridine rings is 1. The Kier molecular flexibility index (Phi) is 4.33. The van der Waals surface area contributed by atoms with Crippen molar-refractivity contribution < 1.29 is 14.7 Å². The van der Waals surface area contributed by atoms with E-state index < -0.39 is 5.97 Å². The van der Waals surface area contributed by atoms with Crippen molar-refractivity contribution in [1.29, 1.82) is 0 Å². The van der Waals surface area contributed by atoms with Crippen LogP contribution >= 0.6 is 0 Å². The normalized spacial score (nSPS) is 19.3. The van der Waals surface area contributed by atoms with Gasteiger partial charge in [0.05, 0.1) is 5.92 Å². The molecule has 8 nitrogen and oxygen atoms in total. The van der Waals surface area contributed by atoms with Crippen LogP contribution in [0.4, 0.5) is 5.82 Å². The molecule has 0 bridgehead atoms. The van der Waals surface area contributed by atoms with E-state index >= 15 is 0 Å². The molecule has 0 spiro atoms. The van der Waals surface area contributed by atoms with Crippen molar-refractivity contribution in [2.24, 2.45) is 0 Å². The third kappa shape index (κ3) is 3.05. The number of aromatic carboxylic acids is 1. The number of nitrogens with zero attached hydrogens (tertiary/aromatic N) is 4. The second-order valence-corrected chi connectivity index (χ2v) is 7.37. The highest BCUT2D eigenvalue weighted by molar-refractivity contribution is 5.88. The average molecular weight is 369 g/mol. The van der Waals surface area contributed by atoms with Crippen molar-refractivity contribution >= 4 is 17.7 Å². The molecule has 4 rings (SSSR count). The number of carboxylic acid groups (broad SMARTS) is 1. The predicted molar refractivity (Wildman–Crippen MR) is 98.9 cm³/mol. The van der Waals surface area contributed by atoms with Crippen LogP contribution < -0.4 is 10.2 Å². The number of aromatic nitrogens is 3. The third-order valence-electron chi connectivity index (χ3n) is 5.32. The zero-order chi connectivity index (χ0) is 19.1. The van der Waals surface area contributed by atoms with Crippen LogP contribution in [-0.2, 0) is 17.8 Å². The molecule has 0 saturated carbocycles. The summed E-state index contributed by atoms with van der Waals surface area (Å²) >= 11 is 0. The lowest BCUT2D eigenvalue weighted by atomic mass is 9.99. The molecule has 4 heterocycles. The Balaban J connectivity index is 1.59. The lowest BCUT2D eigenvalue weighted by Gasteiger charge is -2.29. The van der Waals surface area contributed by atoms with Gasteiger partial charge in [0.25, 0.3) is 0 Å². The summed E-state index contributed by atoms with van der Waals surface area (Å²) in [6.07, 6.45) is 3.28. The van der Waals surface area contributed by atoms with Crippen molar-refractivity contribution in [2.45, 2.75) is 45.2 Å². The Labute approximate surface area is 157 Å². The first-order valence-corrected chi connectivity index (χ1v) is 9.28. The van der Waals surface area contributed by atoms with E-state index in [-0.39, 0.29) is 23.6 Å². The molecule has 2 aliphatic rings. The predicted octanol–water partition coefficient (Wildman–Crippen LogP) is 1.72. The minimum Gasteiger partial charge on any atom is -0.476 e. The lowest BCUT2D eigenvalue weighted by Crippen LogP contribution is -2.32. The molecule has 0 aliphatic carbocycles. The summed E-state index contributed by atoms with van der Waals surface area (Å²) in [5, 5.41) is 16.7. The first-order valence-electron chi connectivity index (χ1n) is 9.28. The van der Waals surface area contributed by atoms with Crippen LogP contribution in [0.1, 0.15) is 59.5 Å². The zero-order valence-electron chi connectivity index (χ0n) is 15.5. The Morgan fingerprint density at radius 3 is 2.78 bits per heavy atom. The molecule has 0 radical (unpaired) electrons.